The molecule has 0 saturated carbocycles. The van der Waals surface area contributed by atoms with Gasteiger partial charge in [0.1, 0.15) is 0 Å². The summed E-state index contributed by atoms with van der Waals surface area (Å²) in [6.07, 6.45) is 2.30. The SMILES string of the molecule is CCCN=C(N)Nc1ncccc1[N+](=O)[O-]. The highest BCUT2D eigenvalue weighted by atomic mass is 16.6. The molecule has 3 N–H and O–H groups in total. The van der Waals surface area contributed by atoms with Crippen molar-refractivity contribution in [1.29, 1.82) is 0 Å². The summed E-state index contributed by atoms with van der Waals surface area (Å²) in [5.41, 5.74) is 5.41. The van der Waals surface area contributed by atoms with Crippen molar-refractivity contribution in [2.45, 2.75) is 13.3 Å². The summed E-state index contributed by atoms with van der Waals surface area (Å²) >= 11 is 0. The van der Waals surface area contributed by atoms with Gasteiger partial charge in [-0.05, 0) is 12.5 Å². The molecule has 7 nitrogen and oxygen atoms in total. The molecule has 1 heterocycles. The minimum absolute atomic E-state index is 0.102. The number of hydrogen-bond donors (Lipinski definition) is 2. The molecule has 0 atom stereocenters. The fourth-order valence-electron chi connectivity index (χ4n) is 1.03. The van der Waals surface area contributed by atoms with Gasteiger partial charge >= 0.3 is 5.69 Å². The molecule has 0 aliphatic carbocycles. The summed E-state index contributed by atoms with van der Waals surface area (Å²) in [6.45, 7) is 2.53. The van der Waals surface area contributed by atoms with Crippen molar-refractivity contribution >= 4 is 17.5 Å². The molecule has 0 fully saturated rings. The zero-order valence-electron chi connectivity index (χ0n) is 8.88. The second-order valence-electron chi connectivity index (χ2n) is 3.02. The number of pyridine rings is 1. The molecule has 0 saturated heterocycles. The van der Waals surface area contributed by atoms with Gasteiger partial charge in [0, 0.05) is 18.8 Å². The van der Waals surface area contributed by atoms with E-state index in [0.717, 1.165) is 6.42 Å². The first-order chi connectivity index (χ1) is 7.65. The van der Waals surface area contributed by atoms with E-state index in [1.807, 2.05) is 6.92 Å². The van der Waals surface area contributed by atoms with Crippen LogP contribution in [-0.2, 0) is 0 Å². The molecule has 0 aromatic carbocycles. The van der Waals surface area contributed by atoms with E-state index in [0.29, 0.717) is 6.54 Å². The van der Waals surface area contributed by atoms with Crippen LogP contribution in [0.3, 0.4) is 0 Å². The molecule has 0 aliphatic heterocycles. The third-order valence-electron chi connectivity index (χ3n) is 1.74. The number of aliphatic imine (C=N–C) groups is 1. The fourth-order valence-corrected chi connectivity index (χ4v) is 1.03. The van der Waals surface area contributed by atoms with Gasteiger partial charge in [-0.15, -0.1) is 0 Å². The molecular weight excluding hydrogens is 210 g/mol. The Bertz CT molecular complexity index is 405. The Morgan fingerprint density at radius 1 is 1.75 bits per heavy atom. The normalized spacial score (nSPS) is 11.2. The average molecular weight is 223 g/mol. The topological polar surface area (TPSA) is 106 Å². The van der Waals surface area contributed by atoms with Crippen molar-refractivity contribution in [3.05, 3.63) is 28.4 Å². The van der Waals surface area contributed by atoms with Crippen LogP contribution in [-0.4, -0.2) is 22.4 Å². The van der Waals surface area contributed by atoms with Crippen molar-refractivity contribution < 1.29 is 4.92 Å². The van der Waals surface area contributed by atoms with Gasteiger partial charge in [-0.25, -0.2) is 4.98 Å². The van der Waals surface area contributed by atoms with Crippen LogP contribution in [0.5, 0.6) is 0 Å². The summed E-state index contributed by atoms with van der Waals surface area (Å²) in [5.74, 6) is 0.230. The second-order valence-corrected chi connectivity index (χ2v) is 3.02. The van der Waals surface area contributed by atoms with Crippen LogP contribution < -0.4 is 11.1 Å². The van der Waals surface area contributed by atoms with Gasteiger partial charge in [-0.2, -0.15) is 0 Å². The van der Waals surface area contributed by atoms with Gasteiger partial charge in [-0.1, -0.05) is 6.92 Å². The van der Waals surface area contributed by atoms with E-state index < -0.39 is 4.92 Å². The van der Waals surface area contributed by atoms with Crippen molar-refractivity contribution in [3.63, 3.8) is 0 Å². The Balaban J connectivity index is 2.84. The first kappa shape index (κ1) is 11.9. The fraction of sp³-hybridized carbons (Fsp3) is 0.333. The van der Waals surface area contributed by atoms with Gasteiger partial charge < -0.3 is 11.1 Å². The third-order valence-corrected chi connectivity index (χ3v) is 1.74. The van der Waals surface area contributed by atoms with Crippen LogP contribution in [0.4, 0.5) is 11.5 Å². The maximum Gasteiger partial charge on any atom is 0.311 e. The lowest BCUT2D eigenvalue weighted by atomic mass is 10.4. The highest BCUT2D eigenvalue weighted by molar-refractivity contribution is 5.93. The smallest absolute Gasteiger partial charge is 0.311 e. The predicted molar refractivity (Wildman–Crippen MR) is 61.3 cm³/mol. The van der Waals surface area contributed by atoms with Crippen LogP contribution in [0.25, 0.3) is 0 Å². The van der Waals surface area contributed by atoms with E-state index in [2.05, 4.69) is 15.3 Å². The number of nitro groups is 1. The molecule has 1 aromatic rings. The first-order valence-corrected chi connectivity index (χ1v) is 4.81. The number of anilines is 1. The summed E-state index contributed by atoms with van der Waals surface area (Å²) < 4.78 is 0. The molecule has 0 bridgehead atoms. The van der Waals surface area contributed by atoms with Crippen molar-refractivity contribution in [2.24, 2.45) is 10.7 Å². The first-order valence-electron chi connectivity index (χ1n) is 4.81. The molecule has 7 heteroatoms. The molecule has 0 amide bonds. The Morgan fingerprint density at radius 2 is 2.50 bits per heavy atom. The Kier molecular flexibility index (Phi) is 4.19. The maximum atomic E-state index is 10.7. The van der Waals surface area contributed by atoms with Gasteiger partial charge in [0.2, 0.25) is 5.82 Å². The van der Waals surface area contributed by atoms with Gasteiger partial charge in [0.25, 0.3) is 0 Å². The van der Waals surface area contributed by atoms with E-state index in [9.17, 15) is 10.1 Å². The van der Waals surface area contributed by atoms with Gasteiger partial charge in [0.15, 0.2) is 5.96 Å². The van der Waals surface area contributed by atoms with Crippen molar-refractivity contribution in [2.75, 3.05) is 11.9 Å². The van der Waals surface area contributed by atoms with Crippen LogP contribution >= 0.6 is 0 Å². The second kappa shape index (κ2) is 5.64. The molecule has 16 heavy (non-hydrogen) atoms. The lowest BCUT2D eigenvalue weighted by molar-refractivity contribution is -0.384. The van der Waals surface area contributed by atoms with Crippen LogP contribution in [0.15, 0.2) is 23.3 Å². The lowest BCUT2D eigenvalue weighted by Crippen LogP contribution is -2.24. The van der Waals surface area contributed by atoms with E-state index in [1.54, 1.807) is 0 Å². The number of aromatic nitrogens is 1. The molecule has 86 valence electrons. The molecule has 1 aromatic heterocycles. The summed E-state index contributed by atoms with van der Waals surface area (Å²) in [6, 6.07) is 2.84. The van der Waals surface area contributed by atoms with E-state index in [-0.39, 0.29) is 17.5 Å². The standard InChI is InChI=1S/C9H13N5O2/c1-2-5-12-9(10)13-8-7(14(15)16)4-3-6-11-8/h3-4,6H,2,5H2,1H3,(H3,10,11,12,13). The Morgan fingerprint density at radius 3 is 3.12 bits per heavy atom. The summed E-state index contributed by atoms with van der Waals surface area (Å²) in [5, 5.41) is 13.3. The van der Waals surface area contributed by atoms with E-state index in [1.165, 1.54) is 18.3 Å². The van der Waals surface area contributed by atoms with E-state index in [4.69, 9.17) is 5.73 Å². The minimum atomic E-state index is -0.525. The van der Waals surface area contributed by atoms with Crippen molar-refractivity contribution in [3.8, 4) is 0 Å². The monoisotopic (exact) mass is 223 g/mol. The zero-order chi connectivity index (χ0) is 12.0. The minimum Gasteiger partial charge on any atom is -0.370 e. The Labute approximate surface area is 92.5 Å². The largest absolute Gasteiger partial charge is 0.370 e. The number of nitrogens with one attached hydrogen (secondary N) is 1. The highest BCUT2D eigenvalue weighted by Crippen LogP contribution is 2.19. The molecule has 1 rings (SSSR count). The highest BCUT2D eigenvalue weighted by Gasteiger charge is 2.14. The molecule has 0 aliphatic rings. The van der Waals surface area contributed by atoms with Gasteiger partial charge in [0.05, 0.1) is 4.92 Å². The van der Waals surface area contributed by atoms with Crippen LogP contribution in [0, 0.1) is 10.1 Å². The molecule has 0 radical (unpaired) electrons. The number of nitrogens with zero attached hydrogens (tertiary/aromatic N) is 3. The molecule has 0 spiro atoms. The average Bonchev–Trinajstić information content (AvgIpc) is 2.27. The zero-order valence-corrected chi connectivity index (χ0v) is 8.88. The van der Waals surface area contributed by atoms with Crippen molar-refractivity contribution in [1.82, 2.24) is 4.98 Å². The van der Waals surface area contributed by atoms with Crippen LogP contribution in [0.2, 0.25) is 0 Å². The van der Waals surface area contributed by atoms with Crippen LogP contribution in [0.1, 0.15) is 13.3 Å². The maximum absolute atomic E-state index is 10.7. The number of hydrogen-bond acceptors (Lipinski definition) is 4. The quantitative estimate of drug-likeness (QED) is 0.344. The number of rotatable bonds is 4. The Hall–Kier alpha value is -2.18. The lowest BCUT2D eigenvalue weighted by Gasteiger charge is -2.04. The predicted octanol–water partition coefficient (Wildman–Crippen LogP) is 1.13. The molecule has 0 unspecified atom stereocenters. The molecular formula is C9H13N5O2. The third kappa shape index (κ3) is 3.19. The summed E-state index contributed by atoms with van der Waals surface area (Å²) in [7, 11) is 0. The number of nitrogens with two attached hydrogens (primary N) is 1. The van der Waals surface area contributed by atoms with Gasteiger partial charge in [-0.3, -0.25) is 15.1 Å². The van der Waals surface area contributed by atoms with E-state index >= 15 is 0 Å². The summed E-state index contributed by atoms with van der Waals surface area (Å²) in [4.78, 5) is 17.9. The number of guanidine groups is 1.